The molecule has 2 aliphatic heterocycles. The predicted molar refractivity (Wildman–Crippen MR) is 138 cm³/mol. The van der Waals surface area contributed by atoms with E-state index in [2.05, 4.69) is 52.3 Å². The molecule has 0 aromatic heterocycles. The van der Waals surface area contributed by atoms with Crippen molar-refractivity contribution in [2.45, 2.75) is 19.0 Å². The Bertz CT molecular complexity index is 1160. The third-order valence-corrected chi connectivity index (χ3v) is 6.84. The van der Waals surface area contributed by atoms with Crippen LogP contribution in [-0.4, -0.2) is 66.3 Å². The molecule has 0 radical (unpaired) electrons. The maximum atomic E-state index is 13.5. The number of carbonyl (C=O) groups excluding carboxylic acids is 1. The first-order valence-electron chi connectivity index (χ1n) is 12.3. The number of methoxy groups -OCH3 is 1. The van der Waals surface area contributed by atoms with E-state index in [0.29, 0.717) is 13.0 Å². The van der Waals surface area contributed by atoms with Gasteiger partial charge < -0.3 is 4.74 Å². The first-order chi connectivity index (χ1) is 17.2. The minimum atomic E-state index is -0.108. The molecule has 0 spiro atoms. The number of ether oxygens (including phenoxy) is 1. The van der Waals surface area contributed by atoms with Gasteiger partial charge in [0.25, 0.3) is 5.91 Å². The number of rotatable bonds is 7. The van der Waals surface area contributed by atoms with Gasteiger partial charge in [-0.1, -0.05) is 72.8 Å². The number of benzene rings is 3. The molecule has 3 aromatic rings. The van der Waals surface area contributed by atoms with Crippen molar-refractivity contribution in [3.8, 4) is 5.75 Å². The van der Waals surface area contributed by atoms with Crippen LogP contribution in [0.15, 0.2) is 90.0 Å². The number of carbonyl (C=O) groups is 1. The topological polar surface area (TPSA) is 48.4 Å². The Morgan fingerprint density at radius 3 is 2.20 bits per heavy atom. The average Bonchev–Trinajstić information content (AvgIpc) is 3.36. The number of hydrogen-bond donors (Lipinski definition) is 0. The third-order valence-electron chi connectivity index (χ3n) is 6.84. The molecule has 0 N–H and O–H groups in total. The van der Waals surface area contributed by atoms with Gasteiger partial charge in [-0.05, 0) is 23.3 Å². The molecule has 1 amide bonds. The second kappa shape index (κ2) is 10.8. The van der Waals surface area contributed by atoms with Crippen LogP contribution < -0.4 is 4.74 Å². The van der Waals surface area contributed by atoms with Gasteiger partial charge in [0.1, 0.15) is 5.75 Å². The van der Waals surface area contributed by atoms with Crippen LogP contribution in [-0.2, 0) is 11.3 Å². The smallest absolute Gasteiger partial charge is 0.257 e. The monoisotopic (exact) mass is 468 g/mol. The van der Waals surface area contributed by atoms with Gasteiger partial charge in [0.05, 0.1) is 25.4 Å². The second-order valence-corrected chi connectivity index (χ2v) is 9.15. The summed E-state index contributed by atoms with van der Waals surface area (Å²) in [6.07, 6.45) is 0.668. The molecule has 1 atom stereocenters. The molecule has 2 aliphatic rings. The maximum Gasteiger partial charge on any atom is 0.257 e. The van der Waals surface area contributed by atoms with Crippen molar-refractivity contribution in [1.29, 1.82) is 0 Å². The Hall–Kier alpha value is -3.48. The number of piperazine rings is 1. The minimum absolute atomic E-state index is 0.0419. The van der Waals surface area contributed by atoms with Crippen LogP contribution in [0.5, 0.6) is 5.75 Å². The first kappa shape index (κ1) is 23.3. The first-order valence-corrected chi connectivity index (χ1v) is 12.3. The molecule has 6 heteroatoms. The molecule has 5 rings (SSSR count). The van der Waals surface area contributed by atoms with Crippen molar-refractivity contribution in [3.05, 3.63) is 102 Å². The Morgan fingerprint density at radius 1 is 0.857 bits per heavy atom. The van der Waals surface area contributed by atoms with E-state index in [1.54, 1.807) is 12.1 Å². The summed E-state index contributed by atoms with van der Waals surface area (Å²) in [6, 6.07) is 28.5. The molecule has 6 nitrogen and oxygen atoms in total. The summed E-state index contributed by atoms with van der Waals surface area (Å²) in [5, 5.41) is 6.55. The number of hydrogen-bond acceptors (Lipinski definition) is 5. The van der Waals surface area contributed by atoms with E-state index in [4.69, 9.17) is 9.84 Å². The van der Waals surface area contributed by atoms with Crippen molar-refractivity contribution >= 4 is 11.6 Å². The normalized spacial score (nSPS) is 18.9. The van der Waals surface area contributed by atoms with Crippen LogP contribution in [0.2, 0.25) is 0 Å². The fourth-order valence-electron chi connectivity index (χ4n) is 4.93. The Labute approximate surface area is 207 Å². The van der Waals surface area contributed by atoms with E-state index in [9.17, 15) is 4.79 Å². The van der Waals surface area contributed by atoms with Crippen LogP contribution in [0.25, 0.3) is 0 Å². The van der Waals surface area contributed by atoms with E-state index < -0.39 is 0 Å². The Kier molecular flexibility index (Phi) is 7.21. The van der Waals surface area contributed by atoms with E-state index in [0.717, 1.165) is 55.3 Å². The van der Waals surface area contributed by atoms with Crippen LogP contribution in [0.4, 0.5) is 0 Å². The zero-order chi connectivity index (χ0) is 24.0. The zero-order valence-corrected chi connectivity index (χ0v) is 20.2. The third kappa shape index (κ3) is 5.45. The summed E-state index contributed by atoms with van der Waals surface area (Å²) in [4.78, 5) is 18.2. The van der Waals surface area contributed by atoms with Gasteiger partial charge in [0, 0.05) is 44.7 Å². The lowest BCUT2D eigenvalue weighted by Crippen LogP contribution is -2.49. The minimum Gasteiger partial charge on any atom is -0.496 e. The molecule has 0 aliphatic carbocycles. The summed E-state index contributed by atoms with van der Waals surface area (Å²) in [6.45, 7) is 5.01. The Morgan fingerprint density at radius 2 is 1.49 bits per heavy atom. The van der Waals surface area contributed by atoms with Crippen molar-refractivity contribution in [2.24, 2.45) is 5.10 Å². The summed E-state index contributed by atoms with van der Waals surface area (Å²) in [5.41, 5.74) is 4.26. The predicted octanol–water partition coefficient (Wildman–Crippen LogP) is 4.19. The fourth-order valence-corrected chi connectivity index (χ4v) is 4.93. The van der Waals surface area contributed by atoms with E-state index >= 15 is 0 Å². The largest absolute Gasteiger partial charge is 0.496 e. The molecule has 0 saturated carbocycles. The fraction of sp³-hybridized carbons (Fsp3) is 0.310. The number of hydrazone groups is 1. The van der Waals surface area contributed by atoms with Crippen LogP contribution in [0, 0.1) is 0 Å². The van der Waals surface area contributed by atoms with Gasteiger partial charge in [0.15, 0.2) is 0 Å². The van der Waals surface area contributed by atoms with Gasteiger partial charge in [-0.25, -0.2) is 5.01 Å². The van der Waals surface area contributed by atoms with Crippen molar-refractivity contribution in [3.63, 3.8) is 0 Å². The van der Waals surface area contributed by atoms with Gasteiger partial charge >= 0.3 is 0 Å². The number of para-hydroxylation sites is 1. The molecule has 180 valence electrons. The SMILES string of the molecule is COc1ccccc1C1=NN(C(=O)CN2CCN(Cc3ccccc3)CC2)C(c2ccccc2)C1. The van der Waals surface area contributed by atoms with Crippen molar-refractivity contribution in [2.75, 3.05) is 39.8 Å². The number of amides is 1. The van der Waals surface area contributed by atoms with Crippen LogP contribution >= 0.6 is 0 Å². The molecule has 0 bridgehead atoms. The van der Waals surface area contributed by atoms with Crippen molar-refractivity contribution in [1.82, 2.24) is 14.8 Å². The van der Waals surface area contributed by atoms with Gasteiger partial charge in [-0.3, -0.25) is 14.6 Å². The van der Waals surface area contributed by atoms with Gasteiger partial charge in [-0.15, -0.1) is 0 Å². The van der Waals surface area contributed by atoms with E-state index in [1.165, 1.54) is 5.56 Å². The molecule has 35 heavy (non-hydrogen) atoms. The van der Waals surface area contributed by atoms with Crippen molar-refractivity contribution < 1.29 is 9.53 Å². The zero-order valence-electron chi connectivity index (χ0n) is 20.2. The van der Waals surface area contributed by atoms with Crippen LogP contribution in [0.1, 0.15) is 29.2 Å². The second-order valence-electron chi connectivity index (χ2n) is 9.15. The molecule has 1 unspecified atom stereocenters. The molecule has 1 saturated heterocycles. The summed E-state index contributed by atoms with van der Waals surface area (Å²) in [7, 11) is 1.67. The highest BCUT2D eigenvalue weighted by Crippen LogP contribution is 2.35. The van der Waals surface area contributed by atoms with Gasteiger partial charge in [-0.2, -0.15) is 5.10 Å². The van der Waals surface area contributed by atoms with E-state index in [1.807, 2.05) is 42.5 Å². The van der Waals surface area contributed by atoms with Crippen LogP contribution in [0.3, 0.4) is 0 Å². The molecule has 1 fully saturated rings. The highest BCUT2D eigenvalue weighted by molar-refractivity contribution is 6.05. The lowest BCUT2D eigenvalue weighted by atomic mass is 9.98. The van der Waals surface area contributed by atoms with E-state index in [-0.39, 0.29) is 11.9 Å². The lowest BCUT2D eigenvalue weighted by molar-refractivity contribution is -0.134. The molecule has 2 heterocycles. The summed E-state index contributed by atoms with van der Waals surface area (Å²) >= 11 is 0. The average molecular weight is 469 g/mol. The molecular formula is C29H32N4O2. The lowest BCUT2D eigenvalue weighted by Gasteiger charge is -2.35. The Balaban J connectivity index is 1.28. The molecular weight excluding hydrogens is 436 g/mol. The van der Waals surface area contributed by atoms with Gasteiger partial charge in [0.2, 0.25) is 0 Å². The standard InChI is InChI=1S/C29H32N4O2/c1-35-28-15-9-8-14-25(28)26-20-27(24-12-6-3-7-13-24)33(30-26)29(34)22-32-18-16-31(17-19-32)21-23-10-4-2-5-11-23/h2-15,27H,16-22H2,1H3. The quantitative estimate of drug-likeness (QED) is 0.522. The highest BCUT2D eigenvalue weighted by Gasteiger charge is 2.34. The molecule has 3 aromatic carbocycles. The maximum absolute atomic E-state index is 13.5. The number of nitrogens with zero attached hydrogens (tertiary/aromatic N) is 4. The highest BCUT2D eigenvalue weighted by atomic mass is 16.5. The summed E-state index contributed by atoms with van der Waals surface area (Å²) in [5.74, 6) is 0.821. The summed E-state index contributed by atoms with van der Waals surface area (Å²) < 4.78 is 5.57.